The number of furan rings is 1. The number of rotatable bonds is 2. The molecule has 0 amide bonds. The van der Waals surface area contributed by atoms with Gasteiger partial charge in [0.25, 0.3) is 0 Å². The Balaban J connectivity index is 2.01. The first-order chi connectivity index (χ1) is 7.31. The SMILES string of the molecule is COC(=O)C1CSCC(c2ccoc2)N1. The van der Waals surface area contributed by atoms with Crippen LogP contribution in [0.1, 0.15) is 11.6 Å². The van der Waals surface area contributed by atoms with Crippen LogP contribution in [0.4, 0.5) is 0 Å². The number of thioether (sulfide) groups is 1. The van der Waals surface area contributed by atoms with Gasteiger partial charge in [-0.05, 0) is 6.07 Å². The van der Waals surface area contributed by atoms with Crippen molar-refractivity contribution in [1.82, 2.24) is 5.32 Å². The first-order valence-corrected chi connectivity index (χ1v) is 5.90. The largest absolute Gasteiger partial charge is 0.472 e. The summed E-state index contributed by atoms with van der Waals surface area (Å²) in [5, 5.41) is 3.25. The molecule has 15 heavy (non-hydrogen) atoms. The number of esters is 1. The van der Waals surface area contributed by atoms with Crippen LogP contribution in [0.5, 0.6) is 0 Å². The van der Waals surface area contributed by atoms with Gasteiger partial charge in [0.2, 0.25) is 0 Å². The Labute approximate surface area is 92.4 Å². The molecule has 0 bridgehead atoms. The second kappa shape index (κ2) is 4.72. The van der Waals surface area contributed by atoms with E-state index < -0.39 is 0 Å². The molecule has 0 saturated carbocycles. The highest BCUT2D eigenvalue weighted by molar-refractivity contribution is 7.99. The molecule has 1 N–H and O–H groups in total. The molecule has 5 heteroatoms. The van der Waals surface area contributed by atoms with E-state index >= 15 is 0 Å². The minimum atomic E-state index is -0.214. The normalized spacial score (nSPS) is 26.2. The molecule has 0 radical (unpaired) electrons. The minimum absolute atomic E-state index is 0.173. The zero-order valence-corrected chi connectivity index (χ0v) is 9.25. The maximum atomic E-state index is 11.4. The van der Waals surface area contributed by atoms with Crippen molar-refractivity contribution in [3.05, 3.63) is 24.2 Å². The Kier molecular flexibility index (Phi) is 3.33. The van der Waals surface area contributed by atoms with E-state index in [0.717, 1.165) is 17.1 Å². The van der Waals surface area contributed by atoms with Crippen molar-refractivity contribution in [2.75, 3.05) is 18.6 Å². The molecule has 0 spiro atoms. The first kappa shape index (κ1) is 10.6. The van der Waals surface area contributed by atoms with Crippen molar-refractivity contribution >= 4 is 17.7 Å². The van der Waals surface area contributed by atoms with Crippen LogP contribution in [-0.4, -0.2) is 30.6 Å². The highest BCUT2D eigenvalue weighted by atomic mass is 32.2. The fraction of sp³-hybridized carbons (Fsp3) is 0.500. The van der Waals surface area contributed by atoms with Gasteiger partial charge >= 0.3 is 5.97 Å². The van der Waals surface area contributed by atoms with Crippen LogP contribution in [0, 0.1) is 0 Å². The van der Waals surface area contributed by atoms with Gasteiger partial charge in [-0.25, -0.2) is 0 Å². The quantitative estimate of drug-likeness (QED) is 0.769. The number of hydrogen-bond donors (Lipinski definition) is 1. The van der Waals surface area contributed by atoms with Crippen LogP contribution >= 0.6 is 11.8 Å². The summed E-state index contributed by atoms with van der Waals surface area (Å²) in [4.78, 5) is 11.4. The molecule has 2 unspecified atom stereocenters. The van der Waals surface area contributed by atoms with Gasteiger partial charge in [-0.1, -0.05) is 0 Å². The number of carbonyl (C=O) groups excluding carboxylic acids is 1. The third-order valence-corrected chi connectivity index (χ3v) is 3.54. The zero-order chi connectivity index (χ0) is 10.7. The standard InChI is InChI=1S/C10H13NO3S/c1-13-10(12)9-6-15-5-8(11-9)7-2-3-14-4-7/h2-4,8-9,11H,5-6H2,1H3. The van der Waals surface area contributed by atoms with E-state index in [9.17, 15) is 4.79 Å². The summed E-state index contributed by atoms with van der Waals surface area (Å²) in [5.74, 6) is 1.52. The van der Waals surface area contributed by atoms with E-state index in [2.05, 4.69) is 5.32 Å². The molecule has 0 aromatic carbocycles. The molecule has 2 atom stereocenters. The Bertz CT molecular complexity index is 325. The van der Waals surface area contributed by atoms with Crippen LogP contribution in [0.2, 0.25) is 0 Å². The molecule has 4 nitrogen and oxygen atoms in total. The van der Waals surface area contributed by atoms with Crippen LogP contribution < -0.4 is 5.32 Å². The molecule has 1 aromatic rings. The molecule has 1 aliphatic rings. The summed E-state index contributed by atoms with van der Waals surface area (Å²) in [6, 6.07) is 1.87. The topological polar surface area (TPSA) is 51.5 Å². The van der Waals surface area contributed by atoms with Gasteiger partial charge in [0.05, 0.1) is 19.6 Å². The fourth-order valence-electron chi connectivity index (χ4n) is 1.59. The maximum absolute atomic E-state index is 11.4. The Morgan fingerprint density at radius 1 is 1.67 bits per heavy atom. The van der Waals surface area contributed by atoms with Gasteiger partial charge < -0.3 is 9.15 Å². The Morgan fingerprint density at radius 2 is 2.53 bits per heavy atom. The van der Waals surface area contributed by atoms with Crippen molar-refractivity contribution in [2.45, 2.75) is 12.1 Å². The minimum Gasteiger partial charge on any atom is -0.472 e. The molecular formula is C10H13NO3S. The molecule has 2 heterocycles. The van der Waals surface area contributed by atoms with E-state index in [0.29, 0.717) is 0 Å². The van der Waals surface area contributed by atoms with Crippen molar-refractivity contribution in [3.63, 3.8) is 0 Å². The highest BCUT2D eigenvalue weighted by Gasteiger charge is 2.28. The molecule has 1 aromatic heterocycles. The fourth-order valence-corrected chi connectivity index (χ4v) is 2.72. The van der Waals surface area contributed by atoms with Gasteiger partial charge in [0.1, 0.15) is 6.04 Å². The van der Waals surface area contributed by atoms with Crippen LogP contribution in [0.3, 0.4) is 0 Å². The second-order valence-electron chi connectivity index (χ2n) is 3.39. The molecule has 2 rings (SSSR count). The predicted molar refractivity (Wildman–Crippen MR) is 57.7 cm³/mol. The summed E-state index contributed by atoms with van der Waals surface area (Å²) >= 11 is 1.75. The summed E-state index contributed by atoms with van der Waals surface area (Å²) in [5.41, 5.74) is 1.08. The Morgan fingerprint density at radius 3 is 3.20 bits per heavy atom. The molecular weight excluding hydrogens is 214 g/mol. The molecule has 0 aliphatic carbocycles. The average Bonchev–Trinajstić information content (AvgIpc) is 2.82. The summed E-state index contributed by atoms with van der Waals surface area (Å²) in [6.45, 7) is 0. The summed E-state index contributed by atoms with van der Waals surface area (Å²) in [7, 11) is 1.41. The number of hydrogen-bond acceptors (Lipinski definition) is 5. The number of ether oxygens (including phenoxy) is 1. The number of methoxy groups -OCH3 is 1. The monoisotopic (exact) mass is 227 g/mol. The smallest absolute Gasteiger partial charge is 0.323 e. The van der Waals surface area contributed by atoms with Crippen molar-refractivity contribution in [2.24, 2.45) is 0 Å². The Hall–Kier alpha value is -0.940. The van der Waals surface area contributed by atoms with Crippen molar-refractivity contribution in [3.8, 4) is 0 Å². The van der Waals surface area contributed by atoms with E-state index in [1.807, 2.05) is 6.07 Å². The summed E-state index contributed by atoms with van der Waals surface area (Å²) < 4.78 is 9.74. The predicted octanol–water partition coefficient (Wildman–Crippen LogP) is 1.20. The lowest BCUT2D eigenvalue weighted by Crippen LogP contribution is -2.45. The molecule has 1 aliphatic heterocycles. The van der Waals surface area contributed by atoms with Crippen LogP contribution in [0.15, 0.2) is 23.0 Å². The third kappa shape index (κ3) is 2.35. The maximum Gasteiger partial charge on any atom is 0.323 e. The lowest BCUT2D eigenvalue weighted by molar-refractivity contribution is -0.142. The highest BCUT2D eigenvalue weighted by Crippen LogP contribution is 2.24. The zero-order valence-electron chi connectivity index (χ0n) is 8.43. The van der Waals surface area contributed by atoms with Crippen LogP contribution in [-0.2, 0) is 9.53 Å². The lowest BCUT2D eigenvalue weighted by atomic mass is 10.1. The second-order valence-corrected chi connectivity index (χ2v) is 4.46. The first-order valence-electron chi connectivity index (χ1n) is 4.75. The van der Waals surface area contributed by atoms with E-state index in [1.165, 1.54) is 7.11 Å². The molecule has 1 fully saturated rings. The molecule has 82 valence electrons. The van der Waals surface area contributed by atoms with Gasteiger partial charge in [-0.15, -0.1) is 0 Å². The van der Waals surface area contributed by atoms with Gasteiger partial charge in [-0.3, -0.25) is 10.1 Å². The van der Waals surface area contributed by atoms with Crippen molar-refractivity contribution in [1.29, 1.82) is 0 Å². The van der Waals surface area contributed by atoms with Gasteiger partial charge in [0, 0.05) is 23.1 Å². The van der Waals surface area contributed by atoms with E-state index in [-0.39, 0.29) is 18.1 Å². The van der Waals surface area contributed by atoms with Crippen molar-refractivity contribution < 1.29 is 13.9 Å². The number of carbonyl (C=O) groups is 1. The number of nitrogens with one attached hydrogen (secondary N) is 1. The lowest BCUT2D eigenvalue weighted by Gasteiger charge is -2.28. The van der Waals surface area contributed by atoms with Crippen LogP contribution in [0.25, 0.3) is 0 Å². The van der Waals surface area contributed by atoms with E-state index in [4.69, 9.17) is 9.15 Å². The summed E-state index contributed by atoms with van der Waals surface area (Å²) in [6.07, 6.45) is 3.35. The molecule has 1 saturated heterocycles. The third-order valence-electron chi connectivity index (χ3n) is 2.40. The van der Waals surface area contributed by atoms with E-state index in [1.54, 1.807) is 24.3 Å². The average molecular weight is 227 g/mol. The van der Waals surface area contributed by atoms with Gasteiger partial charge in [0.15, 0.2) is 0 Å². The van der Waals surface area contributed by atoms with Gasteiger partial charge in [-0.2, -0.15) is 11.8 Å².